The third-order valence-electron chi connectivity index (χ3n) is 3.45. The van der Waals surface area contributed by atoms with E-state index in [9.17, 15) is 4.79 Å². The molecule has 0 atom stereocenters. The van der Waals surface area contributed by atoms with Crippen molar-refractivity contribution in [3.05, 3.63) is 35.9 Å². The van der Waals surface area contributed by atoms with Crippen molar-refractivity contribution in [2.75, 3.05) is 46.1 Å². The third-order valence-corrected chi connectivity index (χ3v) is 3.45. The molecule has 6 heteroatoms. The largest absolute Gasteiger partial charge is 0.465 e. The van der Waals surface area contributed by atoms with Gasteiger partial charge in [0.1, 0.15) is 0 Å². The van der Waals surface area contributed by atoms with E-state index in [4.69, 9.17) is 14.6 Å². The number of carboxylic acid groups (broad SMARTS) is 1. The van der Waals surface area contributed by atoms with Crippen LogP contribution < -0.4 is 5.32 Å². The average molecular weight is 338 g/mol. The maximum absolute atomic E-state index is 10.2. The number of carbonyl (C=O) groups is 1. The zero-order valence-corrected chi connectivity index (χ0v) is 14.6. The molecule has 1 aromatic carbocycles. The Morgan fingerprint density at radius 2 is 1.79 bits per heavy atom. The molecule has 0 saturated heterocycles. The average Bonchev–Trinajstić information content (AvgIpc) is 2.57. The van der Waals surface area contributed by atoms with Gasteiger partial charge in [0.25, 0.3) is 0 Å². The number of hydrogen-bond donors (Lipinski definition) is 2. The Kier molecular flexibility index (Phi) is 11.7. The number of amides is 1. The second kappa shape index (κ2) is 13.8. The van der Waals surface area contributed by atoms with Crippen molar-refractivity contribution in [1.29, 1.82) is 0 Å². The second-order valence-corrected chi connectivity index (χ2v) is 5.57. The van der Waals surface area contributed by atoms with Crippen molar-refractivity contribution in [2.24, 2.45) is 0 Å². The van der Waals surface area contributed by atoms with Gasteiger partial charge in [0.15, 0.2) is 0 Å². The van der Waals surface area contributed by atoms with Gasteiger partial charge in [0.05, 0.1) is 19.8 Å². The fraction of sp³-hybridized carbons (Fsp3) is 0.611. The molecule has 0 aliphatic carbocycles. The van der Waals surface area contributed by atoms with Gasteiger partial charge in [-0.05, 0) is 24.9 Å². The van der Waals surface area contributed by atoms with Crippen LogP contribution in [-0.2, 0) is 16.0 Å². The number of nitrogens with zero attached hydrogens (tertiary/aromatic N) is 1. The first-order valence-electron chi connectivity index (χ1n) is 8.61. The van der Waals surface area contributed by atoms with Gasteiger partial charge >= 0.3 is 6.09 Å². The Hall–Kier alpha value is -1.63. The van der Waals surface area contributed by atoms with Crippen LogP contribution in [0.3, 0.4) is 0 Å². The van der Waals surface area contributed by atoms with E-state index in [1.165, 1.54) is 5.56 Å². The Bertz CT molecular complexity index is 428. The van der Waals surface area contributed by atoms with E-state index in [0.717, 1.165) is 32.5 Å². The summed E-state index contributed by atoms with van der Waals surface area (Å²) in [5.41, 5.74) is 1.34. The van der Waals surface area contributed by atoms with Crippen molar-refractivity contribution in [3.8, 4) is 0 Å². The molecule has 0 heterocycles. The Morgan fingerprint density at radius 3 is 2.46 bits per heavy atom. The number of rotatable bonds is 14. The highest BCUT2D eigenvalue weighted by molar-refractivity contribution is 5.64. The van der Waals surface area contributed by atoms with E-state index in [0.29, 0.717) is 33.0 Å². The predicted molar refractivity (Wildman–Crippen MR) is 94.3 cm³/mol. The van der Waals surface area contributed by atoms with Crippen LogP contribution in [0.5, 0.6) is 0 Å². The minimum absolute atomic E-state index is 0.306. The fourth-order valence-electron chi connectivity index (χ4n) is 2.37. The summed E-state index contributed by atoms with van der Waals surface area (Å²) in [5.74, 6) is 0. The Morgan fingerprint density at radius 1 is 1.08 bits per heavy atom. The van der Waals surface area contributed by atoms with Crippen LogP contribution in [0.2, 0.25) is 0 Å². The van der Waals surface area contributed by atoms with E-state index >= 15 is 0 Å². The molecule has 136 valence electrons. The lowest BCUT2D eigenvalue weighted by Gasteiger charge is -2.21. The van der Waals surface area contributed by atoms with Gasteiger partial charge in [0, 0.05) is 26.2 Å². The van der Waals surface area contributed by atoms with E-state index in [-0.39, 0.29) is 0 Å². The molecule has 0 fully saturated rings. The topological polar surface area (TPSA) is 71.0 Å². The normalized spacial score (nSPS) is 10.9. The minimum Gasteiger partial charge on any atom is -0.465 e. The van der Waals surface area contributed by atoms with Crippen LogP contribution in [0, 0.1) is 0 Å². The lowest BCUT2D eigenvalue weighted by molar-refractivity contribution is 0.0450. The molecule has 1 aromatic rings. The van der Waals surface area contributed by atoms with E-state index in [2.05, 4.69) is 41.4 Å². The van der Waals surface area contributed by atoms with E-state index < -0.39 is 6.09 Å². The molecule has 0 bridgehead atoms. The van der Waals surface area contributed by atoms with Crippen LogP contribution in [-0.4, -0.2) is 62.2 Å². The third kappa shape index (κ3) is 11.0. The summed E-state index contributed by atoms with van der Waals surface area (Å²) in [6.45, 7) is 7.72. The molecule has 6 nitrogen and oxygen atoms in total. The highest BCUT2D eigenvalue weighted by Crippen LogP contribution is 2.05. The lowest BCUT2D eigenvalue weighted by Crippen LogP contribution is -2.26. The monoisotopic (exact) mass is 338 g/mol. The van der Waals surface area contributed by atoms with Crippen molar-refractivity contribution in [2.45, 2.75) is 26.3 Å². The molecule has 0 unspecified atom stereocenters. The molecular weight excluding hydrogens is 308 g/mol. The van der Waals surface area contributed by atoms with Gasteiger partial charge in [-0.25, -0.2) is 4.79 Å². The number of nitrogens with one attached hydrogen (secondary N) is 1. The van der Waals surface area contributed by atoms with E-state index in [1.54, 1.807) is 0 Å². The van der Waals surface area contributed by atoms with E-state index in [1.807, 2.05) is 6.07 Å². The summed E-state index contributed by atoms with van der Waals surface area (Å²) >= 11 is 0. The van der Waals surface area contributed by atoms with Crippen LogP contribution in [0.25, 0.3) is 0 Å². The summed E-state index contributed by atoms with van der Waals surface area (Å²) in [5, 5.41) is 10.6. The fourth-order valence-corrected chi connectivity index (χ4v) is 2.37. The first-order chi connectivity index (χ1) is 11.7. The molecule has 0 aliphatic heterocycles. The molecule has 0 aromatic heterocycles. The van der Waals surface area contributed by atoms with Crippen molar-refractivity contribution < 1.29 is 19.4 Å². The van der Waals surface area contributed by atoms with Crippen LogP contribution in [0.4, 0.5) is 4.79 Å². The van der Waals surface area contributed by atoms with Gasteiger partial charge in [-0.2, -0.15) is 0 Å². The van der Waals surface area contributed by atoms with Crippen LogP contribution >= 0.6 is 0 Å². The smallest absolute Gasteiger partial charge is 0.404 e. The van der Waals surface area contributed by atoms with Crippen molar-refractivity contribution in [1.82, 2.24) is 10.2 Å². The number of hydrogen-bond acceptors (Lipinski definition) is 4. The summed E-state index contributed by atoms with van der Waals surface area (Å²) in [4.78, 5) is 12.7. The molecule has 1 amide bonds. The summed E-state index contributed by atoms with van der Waals surface area (Å²) in [6, 6.07) is 10.5. The van der Waals surface area contributed by atoms with Gasteiger partial charge < -0.3 is 19.9 Å². The molecule has 1 rings (SSSR count). The maximum atomic E-state index is 10.2. The molecule has 0 saturated carbocycles. The Labute approximate surface area is 144 Å². The zero-order valence-electron chi connectivity index (χ0n) is 14.6. The number of benzene rings is 1. The quantitative estimate of drug-likeness (QED) is 0.510. The standard InChI is InChI=1S/C18H30N2O4/c1-2-10-20(16-17-7-4-3-5-8-17)11-6-12-23-14-15-24-13-9-19-18(21)22/h3-5,7-8,19H,2,6,9-16H2,1H3,(H,21,22). The van der Waals surface area contributed by atoms with Gasteiger partial charge in [-0.15, -0.1) is 0 Å². The van der Waals surface area contributed by atoms with Gasteiger partial charge in [-0.3, -0.25) is 4.90 Å². The zero-order chi connectivity index (χ0) is 17.5. The number of ether oxygens (including phenoxy) is 2. The second-order valence-electron chi connectivity index (χ2n) is 5.57. The lowest BCUT2D eigenvalue weighted by atomic mass is 10.2. The first-order valence-corrected chi connectivity index (χ1v) is 8.61. The molecule has 0 aliphatic rings. The molecule has 0 spiro atoms. The van der Waals surface area contributed by atoms with Crippen LogP contribution in [0.15, 0.2) is 30.3 Å². The summed E-state index contributed by atoms with van der Waals surface area (Å²) in [7, 11) is 0. The molecule has 24 heavy (non-hydrogen) atoms. The maximum Gasteiger partial charge on any atom is 0.404 e. The molecule has 2 N–H and O–H groups in total. The van der Waals surface area contributed by atoms with Crippen molar-refractivity contribution >= 4 is 6.09 Å². The van der Waals surface area contributed by atoms with Crippen LogP contribution in [0.1, 0.15) is 25.3 Å². The summed E-state index contributed by atoms with van der Waals surface area (Å²) < 4.78 is 10.8. The SMILES string of the molecule is CCCN(CCCOCCOCCNC(=O)O)Cc1ccccc1. The van der Waals surface area contributed by atoms with Gasteiger partial charge in [-0.1, -0.05) is 37.3 Å². The van der Waals surface area contributed by atoms with Gasteiger partial charge in [0.2, 0.25) is 0 Å². The summed E-state index contributed by atoms with van der Waals surface area (Å²) in [6.07, 6.45) is 1.11. The molecular formula is C18H30N2O4. The molecule has 0 radical (unpaired) electrons. The predicted octanol–water partition coefficient (Wildman–Crippen LogP) is 2.59. The Balaban J connectivity index is 2.02. The minimum atomic E-state index is -1.03. The highest BCUT2D eigenvalue weighted by Gasteiger charge is 2.04. The first kappa shape index (κ1) is 20.4. The highest BCUT2D eigenvalue weighted by atomic mass is 16.5. The van der Waals surface area contributed by atoms with Crippen molar-refractivity contribution in [3.63, 3.8) is 0 Å².